The number of piperidine rings is 1. The fourth-order valence-corrected chi connectivity index (χ4v) is 2.88. The Morgan fingerprint density at radius 3 is 2.57 bits per heavy atom. The average molecular weight is 293 g/mol. The van der Waals surface area contributed by atoms with Crippen molar-refractivity contribution in [3.05, 3.63) is 29.3 Å². The van der Waals surface area contributed by atoms with Gasteiger partial charge in [0.15, 0.2) is 0 Å². The fraction of sp³-hybridized carbons (Fsp3) is 0.647. The highest BCUT2D eigenvalue weighted by atomic mass is 16.5. The van der Waals surface area contributed by atoms with Gasteiger partial charge in [0.05, 0.1) is 19.3 Å². The summed E-state index contributed by atoms with van der Waals surface area (Å²) in [7, 11) is 0. The third-order valence-electron chi connectivity index (χ3n) is 3.94. The van der Waals surface area contributed by atoms with E-state index in [2.05, 4.69) is 24.0 Å². The average Bonchev–Trinajstić information content (AvgIpc) is 2.51. The summed E-state index contributed by atoms with van der Waals surface area (Å²) in [6.45, 7) is 8.55. The predicted octanol–water partition coefficient (Wildman–Crippen LogP) is 2.58. The first-order chi connectivity index (χ1) is 10.3. The van der Waals surface area contributed by atoms with E-state index in [1.165, 1.54) is 5.56 Å². The number of aliphatic hydroxyl groups is 1. The summed E-state index contributed by atoms with van der Waals surface area (Å²) in [6, 6.07) is 6.12. The summed E-state index contributed by atoms with van der Waals surface area (Å²) >= 11 is 0. The molecular weight excluding hydrogens is 266 g/mol. The van der Waals surface area contributed by atoms with Crippen LogP contribution in [0.4, 0.5) is 0 Å². The number of hydrogen-bond donors (Lipinski definition) is 1. The van der Waals surface area contributed by atoms with Gasteiger partial charge >= 0.3 is 0 Å². The molecule has 1 fully saturated rings. The van der Waals surface area contributed by atoms with Crippen LogP contribution in [0.3, 0.4) is 0 Å². The van der Waals surface area contributed by atoms with Gasteiger partial charge in [-0.25, -0.2) is 0 Å². The van der Waals surface area contributed by atoms with Crippen LogP contribution < -0.4 is 4.74 Å². The lowest BCUT2D eigenvalue weighted by atomic mass is 10.1. The van der Waals surface area contributed by atoms with E-state index >= 15 is 0 Å². The number of likely N-dealkylation sites (tertiary alicyclic amines) is 1. The van der Waals surface area contributed by atoms with Gasteiger partial charge in [-0.2, -0.15) is 0 Å². The highest BCUT2D eigenvalue weighted by Crippen LogP contribution is 2.22. The predicted molar refractivity (Wildman–Crippen MR) is 83.5 cm³/mol. The molecular formula is C17H27NO3. The lowest BCUT2D eigenvalue weighted by molar-refractivity contribution is 0.0125. The van der Waals surface area contributed by atoms with Crippen LogP contribution in [0.2, 0.25) is 0 Å². The van der Waals surface area contributed by atoms with Crippen LogP contribution in [-0.2, 0) is 17.9 Å². The molecule has 0 amide bonds. The molecule has 4 heteroatoms. The van der Waals surface area contributed by atoms with E-state index < -0.39 is 0 Å². The summed E-state index contributed by atoms with van der Waals surface area (Å²) < 4.78 is 11.2. The molecule has 1 N–H and O–H groups in total. The molecule has 2 rings (SSSR count). The lowest BCUT2D eigenvalue weighted by Gasteiger charge is -2.31. The molecule has 1 aromatic carbocycles. The van der Waals surface area contributed by atoms with Crippen LogP contribution in [-0.4, -0.2) is 42.4 Å². The minimum Gasteiger partial charge on any atom is -0.494 e. The van der Waals surface area contributed by atoms with Crippen LogP contribution in [0.15, 0.2) is 18.2 Å². The number of aliphatic hydroxyl groups excluding tert-OH is 1. The molecule has 4 nitrogen and oxygen atoms in total. The second kappa shape index (κ2) is 8.37. The molecule has 0 unspecified atom stereocenters. The zero-order chi connectivity index (χ0) is 15.1. The van der Waals surface area contributed by atoms with Gasteiger partial charge in [-0.15, -0.1) is 0 Å². The van der Waals surface area contributed by atoms with Crippen molar-refractivity contribution in [1.29, 1.82) is 0 Å². The Bertz CT molecular complexity index is 428. The number of benzene rings is 1. The first kappa shape index (κ1) is 16.3. The largest absolute Gasteiger partial charge is 0.494 e. The van der Waals surface area contributed by atoms with E-state index in [9.17, 15) is 5.11 Å². The van der Waals surface area contributed by atoms with Crippen molar-refractivity contribution in [2.24, 2.45) is 0 Å². The molecule has 1 aromatic rings. The van der Waals surface area contributed by atoms with Crippen LogP contribution in [0.5, 0.6) is 5.75 Å². The first-order valence-electron chi connectivity index (χ1n) is 7.96. The molecule has 118 valence electrons. The van der Waals surface area contributed by atoms with Crippen LogP contribution in [0, 0.1) is 0 Å². The smallest absolute Gasteiger partial charge is 0.124 e. The molecule has 1 aliphatic heterocycles. The number of rotatable bonds is 7. The van der Waals surface area contributed by atoms with Gasteiger partial charge < -0.3 is 14.6 Å². The lowest BCUT2D eigenvalue weighted by Crippen LogP contribution is -2.36. The van der Waals surface area contributed by atoms with E-state index in [-0.39, 0.29) is 6.61 Å². The van der Waals surface area contributed by atoms with Gasteiger partial charge in [-0.05, 0) is 44.4 Å². The summed E-state index contributed by atoms with van der Waals surface area (Å²) in [4.78, 5) is 2.45. The monoisotopic (exact) mass is 293 g/mol. The maximum Gasteiger partial charge on any atom is 0.124 e. The van der Waals surface area contributed by atoms with Crippen molar-refractivity contribution in [3.63, 3.8) is 0 Å². The van der Waals surface area contributed by atoms with Gasteiger partial charge in [0, 0.05) is 31.8 Å². The molecule has 0 aliphatic carbocycles. The van der Waals surface area contributed by atoms with Crippen molar-refractivity contribution in [3.8, 4) is 5.75 Å². The number of ether oxygens (including phenoxy) is 2. The highest BCUT2D eigenvalue weighted by Gasteiger charge is 2.19. The number of hydrogen-bond acceptors (Lipinski definition) is 4. The Balaban J connectivity index is 1.91. The highest BCUT2D eigenvalue weighted by molar-refractivity contribution is 5.36. The minimum absolute atomic E-state index is 0.0234. The number of nitrogens with zero attached hydrogens (tertiary/aromatic N) is 1. The standard InChI is InChI=1S/C17H27NO3/c1-3-20-16-7-9-18(10-8-16)12-14-5-6-17(21-4-2)15(11-14)13-19/h5-6,11,16,19H,3-4,7-10,12-13H2,1-2H3. The molecule has 0 saturated carbocycles. The zero-order valence-corrected chi connectivity index (χ0v) is 13.2. The van der Waals surface area contributed by atoms with Gasteiger partial charge in [-0.3, -0.25) is 4.90 Å². The second-order valence-corrected chi connectivity index (χ2v) is 5.46. The van der Waals surface area contributed by atoms with E-state index in [1.54, 1.807) is 0 Å². The summed E-state index contributed by atoms with van der Waals surface area (Å²) in [5.74, 6) is 0.791. The van der Waals surface area contributed by atoms with Crippen molar-refractivity contribution < 1.29 is 14.6 Å². The molecule has 0 bridgehead atoms. The van der Waals surface area contributed by atoms with Crippen molar-refractivity contribution >= 4 is 0 Å². The van der Waals surface area contributed by atoms with Crippen molar-refractivity contribution in [1.82, 2.24) is 4.90 Å². The third-order valence-corrected chi connectivity index (χ3v) is 3.94. The fourth-order valence-electron chi connectivity index (χ4n) is 2.88. The topological polar surface area (TPSA) is 41.9 Å². The van der Waals surface area contributed by atoms with Crippen LogP contribution in [0.25, 0.3) is 0 Å². The SMILES string of the molecule is CCOc1ccc(CN2CCC(OCC)CC2)cc1CO. The minimum atomic E-state index is 0.0234. The van der Waals surface area contributed by atoms with E-state index in [0.717, 1.165) is 50.4 Å². The maximum absolute atomic E-state index is 9.46. The van der Waals surface area contributed by atoms with Gasteiger partial charge in [0.2, 0.25) is 0 Å². The summed E-state index contributed by atoms with van der Waals surface area (Å²) in [5.41, 5.74) is 2.11. The van der Waals surface area contributed by atoms with E-state index in [4.69, 9.17) is 9.47 Å². The normalized spacial score (nSPS) is 17.1. The second-order valence-electron chi connectivity index (χ2n) is 5.46. The molecule has 0 radical (unpaired) electrons. The van der Waals surface area contributed by atoms with Crippen molar-refractivity contribution in [2.45, 2.75) is 45.9 Å². The van der Waals surface area contributed by atoms with Gasteiger partial charge in [0.1, 0.15) is 5.75 Å². The Morgan fingerprint density at radius 1 is 1.19 bits per heavy atom. The Morgan fingerprint density at radius 2 is 1.95 bits per heavy atom. The van der Waals surface area contributed by atoms with Crippen LogP contribution in [0.1, 0.15) is 37.8 Å². The van der Waals surface area contributed by atoms with Gasteiger partial charge in [-0.1, -0.05) is 6.07 Å². The van der Waals surface area contributed by atoms with Crippen molar-refractivity contribution in [2.75, 3.05) is 26.3 Å². The summed E-state index contributed by atoms with van der Waals surface area (Å²) in [6.07, 6.45) is 2.65. The zero-order valence-electron chi connectivity index (χ0n) is 13.2. The molecule has 0 aromatic heterocycles. The Labute approximate surface area is 127 Å². The van der Waals surface area contributed by atoms with E-state index in [1.807, 2.05) is 13.0 Å². The molecule has 21 heavy (non-hydrogen) atoms. The molecule has 1 heterocycles. The summed E-state index contributed by atoms with van der Waals surface area (Å²) in [5, 5.41) is 9.46. The third kappa shape index (κ3) is 4.70. The molecule has 0 spiro atoms. The molecule has 1 aliphatic rings. The van der Waals surface area contributed by atoms with Crippen LogP contribution >= 0.6 is 0 Å². The van der Waals surface area contributed by atoms with E-state index in [0.29, 0.717) is 12.7 Å². The molecule has 0 atom stereocenters. The quantitative estimate of drug-likeness (QED) is 0.839. The Hall–Kier alpha value is -1.10. The Kier molecular flexibility index (Phi) is 6.49. The first-order valence-corrected chi connectivity index (χ1v) is 7.96. The molecule has 1 saturated heterocycles. The maximum atomic E-state index is 9.46. The van der Waals surface area contributed by atoms with Gasteiger partial charge in [0.25, 0.3) is 0 Å².